The largest absolute Gasteiger partial charge is 0.481 e. The Kier molecular flexibility index (Phi) is 7.11. The molecule has 7 atom stereocenters. The summed E-state index contributed by atoms with van der Waals surface area (Å²) < 4.78 is 5.48. The molecule has 5 nitrogen and oxygen atoms in total. The van der Waals surface area contributed by atoms with Crippen molar-refractivity contribution >= 4 is 11.9 Å². The highest BCUT2D eigenvalue weighted by Crippen LogP contribution is 2.49. The number of rotatable bonds is 7. The van der Waals surface area contributed by atoms with Gasteiger partial charge in [-0.1, -0.05) is 32.1 Å². The van der Waals surface area contributed by atoms with Crippen molar-refractivity contribution in [1.82, 2.24) is 0 Å². The van der Waals surface area contributed by atoms with Crippen LogP contribution in [0.1, 0.15) is 72.6 Å². The van der Waals surface area contributed by atoms with E-state index in [2.05, 4.69) is 32.1 Å². The third-order valence-electron chi connectivity index (χ3n) is 7.55. The minimum Gasteiger partial charge on any atom is -0.481 e. The van der Waals surface area contributed by atoms with E-state index in [1.807, 2.05) is 13.8 Å². The Morgan fingerprint density at radius 3 is 2.60 bits per heavy atom. The van der Waals surface area contributed by atoms with Crippen LogP contribution in [0.3, 0.4) is 0 Å². The molecule has 2 aliphatic carbocycles. The van der Waals surface area contributed by atoms with Crippen molar-refractivity contribution in [2.75, 3.05) is 0 Å². The lowest BCUT2D eigenvalue weighted by atomic mass is 9.60. The zero-order chi connectivity index (χ0) is 22.1. The molecule has 0 aromatic carbocycles. The number of aliphatic carboxylic acids is 1. The molecule has 3 rings (SSSR count). The maximum Gasteiger partial charge on any atom is 0.309 e. The number of hydrogen-bond donors (Lipinski definition) is 2. The third-order valence-corrected chi connectivity index (χ3v) is 7.55. The van der Waals surface area contributed by atoms with Gasteiger partial charge in [0.1, 0.15) is 6.10 Å². The van der Waals surface area contributed by atoms with E-state index in [4.69, 9.17) is 4.74 Å². The minimum atomic E-state index is -0.728. The Balaban J connectivity index is 1.73. The maximum absolute atomic E-state index is 11.7. The molecule has 1 aliphatic heterocycles. The fraction of sp³-hybridized carbons (Fsp3) is 0.760. The molecule has 0 spiro atoms. The second-order valence-corrected chi connectivity index (χ2v) is 10.6. The molecule has 1 fully saturated rings. The van der Waals surface area contributed by atoms with Gasteiger partial charge in [-0.25, -0.2) is 0 Å². The van der Waals surface area contributed by atoms with E-state index in [1.165, 1.54) is 5.57 Å². The normalized spacial score (nSPS) is 36.6. The standard InChI is InChI=1S/C25H38O5/c1-15-11-17-6-5-16(2)21(8-7-20-13-19(26)14-22(27)30-20)23(17)18(12-15)9-10-25(3,4)24(28)29/h5-6,11,15-16,18-21,23,26H,7-10,12-14H2,1-4H3,(H,28,29)/t15-,16-,18-,19+,20?,21-,23+/m0/s1. The van der Waals surface area contributed by atoms with E-state index in [1.54, 1.807) is 0 Å². The zero-order valence-corrected chi connectivity index (χ0v) is 18.8. The van der Waals surface area contributed by atoms with Gasteiger partial charge in [-0.2, -0.15) is 0 Å². The second kappa shape index (κ2) is 9.25. The van der Waals surface area contributed by atoms with Crippen LogP contribution < -0.4 is 0 Å². The van der Waals surface area contributed by atoms with Crippen LogP contribution in [0.2, 0.25) is 0 Å². The van der Waals surface area contributed by atoms with Crippen LogP contribution >= 0.6 is 0 Å². The molecule has 1 saturated heterocycles. The first-order valence-electron chi connectivity index (χ1n) is 11.6. The first-order valence-corrected chi connectivity index (χ1v) is 11.6. The van der Waals surface area contributed by atoms with Crippen LogP contribution in [0.15, 0.2) is 23.8 Å². The maximum atomic E-state index is 11.7. The molecule has 1 unspecified atom stereocenters. The molecule has 2 N–H and O–H groups in total. The average molecular weight is 419 g/mol. The first-order chi connectivity index (χ1) is 14.1. The van der Waals surface area contributed by atoms with E-state index in [0.717, 1.165) is 25.7 Å². The van der Waals surface area contributed by atoms with E-state index in [0.29, 0.717) is 42.4 Å². The Hall–Kier alpha value is -1.62. The van der Waals surface area contributed by atoms with Crippen molar-refractivity contribution in [1.29, 1.82) is 0 Å². The van der Waals surface area contributed by atoms with Crippen molar-refractivity contribution < 1.29 is 24.5 Å². The van der Waals surface area contributed by atoms with Crippen molar-refractivity contribution in [3.05, 3.63) is 23.8 Å². The van der Waals surface area contributed by atoms with E-state index in [-0.39, 0.29) is 18.5 Å². The monoisotopic (exact) mass is 418 g/mol. The van der Waals surface area contributed by atoms with Crippen molar-refractivity contribution in [3.8, 4) is 0 Å². The number of carboxylic acid groups (broad SMARTS) is 1. The summed E-state index contributed by atoms with van der Waals surface area (Å²) in [7, 11) is 0. The van der Waals surface area contributed by atoms with Gasteiger partial charge in [-0.05, 0) is 81.1 Å². The van der Waals surface area contributed by atoms with Crippen LogP contribution in [0.25, 0.3) is 0 Å². The van der Waals surface area contributed by atoms with Crippen molar-refractivity contribution in [2.24, 2.45) is 35.0 Å². The number of hydrogen-bond acceptors (Lipinski definition) is 4. The Morgan fingerprint density at radius 2 is 1.93 bits per heavy atom. The number of ether oxygens (including phenoxy) is 1. The summed E-state index contributed by atoms with van der Waals surface area (Å²) in [4.78, 5) is 23.3. The fourth-order valence-corrected chi connectivity index (χ4v) is 5.71. The van der Waals surface area contributed by atoms with Crippen LogP contribution in [0, 0.1) is 35.0 Å². The van der Waals surface area contributed by atoms with Crippen molar-refractivity contribution in [3.63, 3.8) is 0 Å². The Labute approximate surface area is 180 Å². The lowest BCUT2D eigenvalue weighted by molar-refractivity contribution is -0.160. The van der Waals surface area contributed by atoms with Gasteiger partial charge in [-0.15, -0.1) is 0 Å². The topological polar surface area (TPSA) is 83.8 Å². The number of carbonyl (C=O) groups excluding carboxylic acids is 1. The summed E-state index contributed by atoms with van der Waals surface area (Å²) in [6, 6.07) is 0. The highest BCUT2D eigenvalue weighted by molar-refractivity contribution is 5.73. The van der Waals surface area contributed by atoms with Crippen molar-refractivity contribution in [2.45, 2.75) is 84.8 Å². The molecule has 0 amide bonds. The summed E-state index contributed by atoms with van der Waals surface area (Å²) in [6.45, 7) is 8.15. The molecule has 3 aliphatic rings. The Bertz CT molecular complexity index is 706. The molecule has 30 heavy (non-hydrogen) atoms. The smallest absolute Gasteiger partial charge is 0.309 e. The average Bonchev–Trinajstić information content (AvgIpc) is 2.64. The van der Waals surface area contributed by atoms with Crippen LogP contribution in [-0.2, 0) is 14.3 Å². The van der Waals surface area contributed by atoms with E-state index >= 15 is 0 Å². The van der Waals surface area contributed by atoms with Gasteiger partial charge in [0.2, 0.25) is 0 Å². The number of aliphatic hydroxyl groups is 1. The molecule has 0 bridgehead atoms. The molecule has 0 aromatic rings. The molecule has 1 heterocycles. The quantitative estimate of drug-likeness (QED) is 0.583. The molecule has 5 heteroatoms. The molecule has 168 valence electrons. The van der Waals surface area contributed by atoms with Gasteiger partial charge < -0.3 is 14.9 Å². The zero-order valence-electron chi connectivity index (χ0n) is 18.8. The lowest BCUT2D eigenvalue weighted by Crippen LogP contribution is -2.37. The number of aliphatic hydroxyl groups excluding tert-OH is 1. The van der Waals surface area contributed by atoms with E-state index < -0.39 is 17.5 Å². The predicted octanol–water partition coefficient (Wildman–Crippen LogP) is 4.74. The minimum absolute atomic E-state index is 0.105. The highest BCUT2D eigenvalue weighted by atomic mass is 16.5. The highest BCUT2D eigenvalue weighted by Gasteiger charge is 2.41. The van der Waals surface area contributed by atoms with Crippen LogP contribution in [0.4, 0.5) is 0 Å². The van der Waals surface area contributed by atoms with E-state index in [9.17, 15) is 19.8 Å². The SMILES string of the molecule is C[C@H]1C=C2C=C[C@H](C)[C@H](CCC3C[C@@H](O)CC(=O)O3)[C@H]2[C@@H](CCC(C)(C)C(=O)O)C1. The number of carbonyl (C=O) groups is 2. The number of esters is 1. The summed E-state index contributed by atoms with van der Waals surface area (Å²) in [5.74, 6) is 1.25. The summed E-state index contributed by atoms with van der Waals surface area (Å²) in [5.41, 5.74) is 0.693. The van der Waals surface area contributed by atoms with Gasteiger partial charge in [0.15, 0.2) is 0 Å². The van der Waals surface area contributed by atoms with Gasteiger partial charge in [-0.3, -0.25) is 9.59 Å². The molecular weight excluding hydrogens is 380 g/mol. The number of fused-ring (bicyclic) bond motifs is 1. The van der Waals surface area contributed by atoms with Gasteiger partial charge >= 0.3 is 11.9 Å². The number of cyclic esters (lactones) is 1. The predicted molar refractivity (Wildman–Crippen MR) is 116 cm³/mol. The lowest BCUT2D eigenvalue weighted by Gasteiger charge is -2.44. The molecule has 0 saturated carbocycles. The van der Waals surface area contributed by atoms with Gasteiger partial charge in [0.05, 0.1) is 17.9 Å². The summed E-state index contributed by atoms with van der Waals surface area (Å²) in [6.07, 6.45) is 11.2. The summed E-state index contributed by atoms with van der Waals surface area (Å²) >= 11 is 0. The number of carboxylic acids is 1. The summed E-state index contributed by atoms with van der Waals surface area (Å²) in [5, 5.41) is 19.5. The van der Waals surface area contributed by atoms with Crippen LogP contribution in [-0.4, -0.2) is 34.4 Å². The third kappa shape index (κ3) is 5.35. The number of allylic oxidation sites excluding steroid dienone is 4. The first kappa shape index (κ1) is 23.1. The van der Waals surface area contributed by atoms with Gasteiger partial charge in [0, 0.05) is 6.42 Å². The molecule has 0 radical (unpaired) electrons. The molecule has 0 aromatic heterocycles. The Morgan fingerprint density at radius 1 is 1.20 bits per heavy atom. The van der Waals surface area contributed by atoms with Gasteiger partial charge in [0.25, 0.3) is 0 Å². The second-order valence-electron chi connectivity index (χ2n) is 10.6. The van der Waals surface area contributed by atoms with Crippen LogP contribution in [0.5, 0.6) is 0 Å². The molecular formula is C25H38O5. The fourth-order valence-electron chi connectivity index (χ4n) is 5.71.